The van der Waals surface area contributed by atoms with Crippen LogP contribution in [0.1, 0.15) is 18.5 Å². The van der Waals surface area contributed by atoms with E-state index in [2.05, 4.69) is 5.32 Å². The van der Waals surface area contributed by atoms with Crippen LogP contribution in [0.4, 0.5) is 8.78 Å². The zero-order valence-electron chi connectivity index (χ0n) is 9.05. The predicted molar refractivity (Wildman–Crippen MR) is 54.6 cm³/mol. The molecule has 2 atom stereocenters. The fourth-order valence-electron chi connectivity index (χ4n) is 1.56. The summed E-state index contributed by atoms with van der Waals surface area (Å²) in [5, 5.41) is 2.97. The van der Waals surface area contributed by atoms with Crippen LogP contribution in [-0.2, 0) is 4.74 Å². The zero-order chi connectivity index (χ0) is 11.4. The first kappa shape index (κ1) is 12.1. The Morgan fingerprint density at radius 2 is 1.73 bits per heavy atom. The molecule has 0 radical (unpaired) electrons. The summed E-state index contributed by atoms with van der Waals surface area (Å²) in [4.78, 5) is 0. The van der Waals surface area contributed by atoms with Gasteiger partial charge < -0.3 is 10.1 Å². The van der Waals surface area contributed by atoms with Crippen LogP contribution in [0.25, 0.3) is 0 Å². The van der Waals surface area contributed by atoms with Crippen molar-refractivity contribution < 1.29 is 13.5 Å². The van der Waals surface area contributed by atoms with Gasteiger partial charge in [0.1, 0.15) is 11.6 Å². The van der Waals surface area contributed by atoms with Gasteiger partial charge in [0, 0.05) is 13.2 Å². The summed E-state index contributed by atoms with van der Waals surface area (Å²) in [6.45, 7) is 1.84. The van der Waals surface area contributed by atoms with Crippen molar-refractivity contribution in [1.82, 2.24) is 5.32 Å². The molecule has 0 heterocycles. The lowest BCUT2D eigenvalue weighted by Gasteiger charge is -2.22. The first-order valence-electron chi connectivity index (χ1n) is 4.74. The summed E-state index contributed by atoms with van der Waals surface area (Å²) in [7, 11) is 3.29. The Morgan fingerprint density at radius 1 is 1.20 bits per heavy atom. The number of nitrogens with one attached hydrogen (secondary N) is 1. The molecule has 84 valence electrons. The lowest BCUT2D eigenvalue weighted by Crippen LogP contribution is -2.28. The smallest absolute Gasteiger partial charge is 0.126 e. The van der Waals surface area contributed by atoms with Gasteiger partial charge >= 0.3 is 0 Å². The first-order chi connectivity index (χ1) is 7.08. The highest BCUT2D eigenvalue weighted by Crippen LogP contribution is 2.20. The molecule has 0 saturated heterocycles. The number of benzene rings is 1. The standard InChI is InChI=1S/C11H15F2NO/c1-7(15-3)11(14-2)8-4-9(12)6-10(13)5-8/h4-7,11,14H,1-3H3. The van der Waals surface area contributed by atoms with E-state index in [0.29, 0.717) is 5.56 Å². The zero-order valence-corrected chi connectivity index (χ0v) is 9.05. The van der Waals surface area contributed by atoms with E-state index in [1.165, 1.54) is 12.1 Å². The topological polar surface area (TPSA) is 21.3 Å². The van der Waals surface area contributed by atoms with E-state index in [0.717, 1.165) is 6.07 Å². The van der Waals surface area contributed by atoms with Gasteiger partial charge in [-0.15, -0.1) is 0 Å². The van der Waals surface area contributed by atoms with Gasteiger partial charge in [0.2, 0.25) is 0 Å². The number of halogens is 2. The van der Waals surface area contributed by atoms with Crippen molar-refractivity contribution in [2.75, 3.05) is 14.2 Å². The van der Waals surface area contributed by atoms with Gasteiger partial charge in [-0.3, -0.25) is 0 Å². The number of methoxy groups -OCH3 is 1. The molecular weight excluding hydrogens is 200 g/mol. The third-order valence-electron chi connectivity index (χ3n) is 2.40. The molecule has 0 aromatic heterocycles. The molecule has 0 spiro atoms. The molecule has 0 saturated carbocycles. The van der Waals surface area contributed by atoms with Gasteiger partial charge in [-0.05, 0) is 31.7 Å². The SMILES string of the molecule is CNC(c1cc(F)cc(F)c1)C(C)OC. The lowest BCUT2D eigenvalue weighted by molar-refractivity contribution is 0.0855. The van der Waals surface area contributed by atoms with Gasteiger partial charge in [0.05, 0.1) is 12.1 Å². The summed E-state index contributed by atoms with van der Waals surface area (Å²) < 4.78 is 31.1. The Hall–Kier alpha value is -1.00. The maximum Gasteiger partial charge on any atom is 0.126 e. The second-order valence-corrected chi connectivity index (χ2v) is 3.41. The van der Waals surface area contributed by atoms with Gasteiger partial charge in [-0.25, -0.2) is 8.78 Å². The Kier molecular flexibility index (Phi) is 4.17. The van der Waals surface area contributed by atoms with Crippen molar-refractivity contribution in [2.24, 2.45) is 0 Å². The fourth-order valence-corrected chi connectivity index (χ4v) is 1.56. The normalized spacial score (nSPS) is 15.0. The molecule has 0 aliphatic carbocycles. The highest BCUT2D eigenvalue weighted by molar-refractivity contribution is 5.22. The van der Waals surface area contributed by atoms with E-state index < -0.39 is 11.6 Å². The average Bonchev–Trinajstić information content (AvgIpc) is 2.17. The molecule has 0 aliphatic heterocycles. The quantitative estimate of drug-likeness (QED) is 0.831. The summed E-state index contributed by atoms with van der Waals surface area (Å²) in [5.74, 6) is -1.15. The Bertz CT molecular complexity index is 310. The van der Waals surface area contributed by atoms with Gasteiger partial charge in [0.25, 0.3) is 0 Å². The van der Waals surface area contributed by atoms with Crippen LogP contribution in [0.3, 0.4) is 0 Å². The van der Waals surface area contributed by atoms with E-state index in [1.807, 2.05) is 6.92 Å². The molecule has 0 amide bonds. The van der Waals surface area contributed by atoms with Crippen molar-refractivity contribution >= 4 is 0 Å². The number of hydrogen-bond donors (Lipinski definition) is 1. The Balaban J connectivity index is 3.01. The molecular formula is C11H15F2NO. The highest BCUT2D eigenvalue weighted by Gasteiger charge is 2.18. The predicted octanol–water partition coefficient (Wildman–Crippen LogP) is 2.26. The summed E-state index contributed by atoms with van der Waals surface area (Å²) >= 11 is 0. The number of hydrogen-bond acceptors (Lipinski definition) is 2. The number of ether oxygens (including phenoxy) is 1. The van der Waals surface area contributed by atoms with Crippen LogP contribution < -0.4 is 5.32 Å². The molecule has 15 heavy (non-hydrogen) atoms. The molecule has 0 aliphatic rings. The minimum atomic E-state index is -0.575. The molecule has 2 unspecified atom stereocenters. The highest BCUT2D eigenvalue weighted by atomic mass is 19.1. The lowest BCUT2D eigenvalue weighted by atomic mass is 10.0. The van der Waals surface area contributed by atoms with Crippen LogP contribution >= 0.6 is 0 Å². The van der Waals surface area contributed by atoms with Crippen molar-refractivity contribution in [1.29, 1.82) is 0 Å². The molecule has 0 bridgehead atoms. The minimum absolute atomic E-state index is 0.156. The minimum Gasteiger partial charge on any atom is -0.380 e. The maximum atomic E-state index is 13.0. The van der Waals surface area contributed by atoms with Crippen LogP contribution in [0.2, 0.25) is 0 Å². The summed E-state index contributed by atoms with van der Waals surface area (Å²) in [6.07, 6.45) is -0.156. The van der Waals surface area contributed by atoms with Crippen molar-refractivity contribution in [3.05, 3.63) is 35.4 Å². The van der Waals surface area contributed by atoms with Gasteiger partial charge in [0.15, 0.2) is 0 Å². The second-order valence-electron chi connectivity index (χ2n) is 3.41. The molecule has 4 heteroatoms. The van der Waals surface area contributed by atoms with E-state index >= 15 is 0 Å². The van der Waals surface area contributed by atoms with E-state index in [9.17, 15) is 8.78 Å². The maximum absolute atomic E-state index is 13.0. The Morgan fingerprint density at radius 3 is 2.13 bits per heavy atom. The van der Waals surface area contributed by atoms with Gasteiger partial charge in [-0.2, -0.15) is 0 Å². The van der Waals surface area contributed by atoms with E-state index in [-0.39, 0.29) is 12.1 Å². The van der Waals surface area contributed by atoms with E-state index in [4.69, 9.17) is 4.74 Å². The van der Waals surface area contributed by atoms with Crippen LogP contribution in [-0.4, -0.2) is 20.3 Å². The monoisotopic (exact) mass is 215 g/mol. The molecule has 1 N–H and O–H groups in total. The summed E-state index contributed by atoms with van der Waals surface area (Å²) in [5.41, 5.74) is 0.546. The fraction of sp³-hybridized carbons (Fsp3) is 0.455. The van der Waals surface area contributed by atoms with Gasteiger partial charge in [-0.1, -0.05) is 0 Å². The van der Waals surface area contributed by atoms with E-state index in [1.54, 1.807) is 14.2 Å². The average molecular weight is 215 g/mol. The van der Waals surface area contributed by atoms with Crippen LogP contribution in [0, 0.1) is 11.6 Å². The third-order valence-corrected chi connectivity index (χ3v) is 2.40. The van der Waals surface area contributed by atoms with Crippen LogP contribution in [0.5, 0.6) is 0 Å². The van der Waals surface area contributed by atoms with Crippen LogP contribution in [0.15, 0.2) is 18.2 Å². The van der Waals surface area contributed by atoms with Crippen molar-refractivity contribution in [2.45, 2.75) is 19.1 Å². The molecule has 1 aromatic carbocycles. The van der Waals surface area contributed by atoms with Crippen molar-refractivity contribution in [3.63, 3.8) is 0 Å². The molecule has 1 rings (SSSR count). The molecule has 0 fully saturated rings. The largest absolute Gasteiger partial charge is 0.380 e. The molecule has 2 nitrogen and oxygen atoms in total. The summed E-state index contributed by atoms with van der Waals surface area (Å²) in [6, 6.07) is 3.24. The third kappa shape index (κ3) is 2.97. The Labute approximate surface area is 88.3 Å². The van der Waals surface area contributed by atoms with Crippen molar-refractivity contribution in [3.8, 4) is 0 Å². The molecule has 1 aromatic rings. The number of likely N-dealkylation sites (N-methyl/N-ethyl adjacent to an activating group) is 1. The number of rotatable bonds is 4. The second kappa shape index (κ2) is 5.19. The first-order valence-corrected chi connectivity index (χ1v) is 4.74.